The second kappa shape index (κ2) is 3.63. The number of rotatable bonds is 2. The lowest BCUT2D eigenvalue weighted by atomic mass is 10.2. The smallest absolute Gasteiger partial charge is 0.249 e. The van der Waals surface area contributed by atoms with Crippen LogP contribution < -0.4 is 0 Å². The van der Waals surface area contributed by atoms with Crippen LogP contribution in [0.1, 0.15) is 21.9 Å². The Morgan fingerprint density at radius 1 is 1.36 bits per heavy atom. The standard InChI is InChI=1S/C9H7N3OS/c1-6-4-10-9(11-5-6)8(13)7-2-3-14-12-7/h2-5H,1H3. The molecule has 0 saturated carbocycles. The van der Waals surface area contributed by atoms with E-state index in [9.17, 15) is 4.79 Å². The molecule has 2 heterocycles. The van der Waals surface area contributed by atoms with Gasteiger partial charge in [-0.2, -0.15) is 4.37 Å². The highest BCUT2D eigenvalue weighted by Crippen LogP contribution is 2.05. The van der Waals surface area contributed by atoms with Gasteiger partial charge in [0.1, 0.15) is 5.69 Å². The van der Waals surface area contributed by atoms with Crippen molar-refractivity contribution >= 4 is 17.3 Å². The summed E-state index contributed by atoms with van der Waals surface area (Å²) in [5, 5.41) is 1.75. The van der Waals surface area contributed by atoms with Crippen molar-refractivity contribution in [2.75, 3.05) is 0 Å². The van der Waals surface area contributed by atoms with Crippen molar-refractivity contribution in [3.63, 3.8) is 0 Å². The summed E-state index contributed by atoms with van der Waals surface area (Å²) in [6.45, 7) is 1.87. The van der Waals surface area contributed by atoms with E-state index < -0.39 is 0 Å². The fourth-order valence-corrected chi connectivity index (χ4v) is 1.46. The zero-order valence-electron chi connectivity index (χ0n) is 7.47. The highest BCUT2D eigenvalue weighted by atomic mass is 32.1. The number of ketones is 1. The van der Waals surface area contributed by atoms with Gasteiger partial charge in [0.05, 0.1) is 0 Å². The van der Waals surface area contributed by atoms with Crippen LogP contribution in [-0.2, 0) is 0 Å². The minimum Gasteiger partial charge on any atom is -0.283 e. The number of carbonyl (C=O) groups excluding carboxylic acids is 1. The van der Waals surface area contributed by atoms with E-state index in [-0.39, 0.29) is 11.6 Å². The third-order valence-corrected chi connectivity index (χ3v) is 2.21. The molecule has 0 amide bonds. The van der Waals surface area contributed by atoms with Crippen LogP contribution in [0.25, 0.3) is 0 Å². The summed E-state index contributed by atoms with van der Waals surface area (Å²) in [6, 6.07) is 1.66. The summed E-state index contributed by atoms with van der Waals surface area (Å²) in [4.78, 5) is 19.5. The molecule has 5 heteroatoms. The van der Waals surface area contributed by atoms with Crippen LogP contribution >= 0.6 is 11.5 Å². The number of hydrogen-bond acceptors (Lipinski definition) is 5. The quantitative estimate of drug-likeness (QED) is 0.697. The fraction of sp³-hybridized carbons (Fsp3) is 0.111. The molecule has 2 rings (SSSR count). The van der Waals surface area contributed by atoms with E-state index in [0.717, 1.165) is 5.56 Å². The average Bonchev–Trinajstić information content (AvgIpc) is 2.71. The Balaban J connectivity index is 2.33. The van der Waals surface area contributed by atoms with Crippen molar-refractivity contribution in [3.8, 4) is 0 Å². The third-order valence-electron chi connectivity index (χ3n) is 1.65. The molecule has 0 N–H and O–H groups in total. The molecule has 0 radical (unpaired) electrons. The minimum atomic E-state index is -0.230. The molecule has 0 aliphatic rings. The van der Waals surface area contributed by atoms with Crippen LogP contribution in [0.4, 0.5) is 0 Å². The molecular weight excluding hydrogens is 198 g/mol. The number of aryl methyl sites for hydroxylation is 1. The zero-order chi connectivity index (χ0) is 9.97. The Morgan fingerprint density at radius 3 is 2.64 bits per heavy atom. The largest absolute Gasteiger partial charge is 0.283 e. The molecule has 0 atom stereocenters. The van der Waals surface area contributed by atoms with Gasteiger partial charge in [-0.15, -0.1) is 0 Å². The molecule has 4 nitrogen and oxygen atoms in total. The van der Waals surface area contributed by atoms with Gasteiger partial charge in [-0.3, -0.25) is 4.79 Å². The van der Waals surface area contributed by atoms with Gasteiger partial charge in [0.25, 0.3) is 0 Å². The summed E-state index contributed by atoms with van der Waals surface area (Å²) in [6.07, 6.45) is 3.24. The molecule has 0 saturated heterocycles. The molecule has 0 aliphatic carbocycles. The van der Waals surface area contributed by atoms with Crippen molar-refractivity contribution in [1.29, 1.82) is 0 Å². The molecule has 14 heavy (non-hydrogen) atoms. The summed E-state index contributed by atoms with van der Waals surface area (Å²) in [7, 11) is 0. The lowest BCUT2D eigenvalue weighted by molar-refractivity contribution is 0.102. The third kappa shape index (κ3) is 1.67. The van der Waals surface area contributed by atoms with Crippen molar-refractivity contribution in [3.05, 3.63) is 40.9 Å². The van der Waals surface area contributed by atoms with Gasteiger partial charge in [-0.1, -0.05) is 0 Å². The summed E-state index contributed by atoms with van der Waals surface area (Å²) < 4.78 is 3.93. The van der Waals surface area contributed by atoms with Gasteiger partial charge in [0.15, 0.2) is 0 Å². The minimum absolute atomic E-state index is 0.196. The van der Waals surface area contributed by atoms with Gasteiger partial charge in [0.2, 0.25) is 11.6 Å². The van der Waals surface area contributed by atoms with E-state index in [1.165, 1.54) is 11.5 Å². The van der Waals surface area contributed by atoms with Crippen molar-refractivity contribution in [2.45, 2.75) is 6.92 Å². The molecular formula is C9H7N3OS. The van der Waals surface area contributed by atoms with Crippen LogP contribution in [0.5, 0.6) is 0 Å². The first-order valence-corrected chi connectivity index (χ1v) is 4.85. The SMILES string of the molecule is Cc1cnc(C(=O)c2ccsn2)nc1. The second-order valence-corrected chi connectivity index (χ2v) is 3.46. The van der Waals surface area contributed by atoms with Gasteiger partial charge in [-0.25, -0.2) is 9.97 Å². The molecule has 0 aliphatic heterocycles. The first kappa shape index (κ1) is 8.96. The maximum atomic E-state index is 11.6. The second-order valence-electron chi connectivity index (χ2n) is 2.80. The summed E-state index contributed by atoms with van der Waals surface area (Å²) in [5.74, 6) is -0.0345. The Labute approximate surface area is 84.8 Å². The van der Waals surface area contributed by atoms with Gasteiger partial charge < -0.3 is 0 Å². The van der Waals surface area contributed by atoms with Gasteiger partial charge >= 0.3 is 0 Å². The maximum absolute atomic E-state index is 11.6. The van der Waals surface area contributed by atoms with E-state index in [1.807, 2.05) is 6.92 Å². The molecule has 70 valence electrons. The van der Waals surface area contributed by atoms with Crippen molar-refractivity contribution in [1.82, 2.24) is 14.3 Å². The van der Waals surface area contributed by atoms with Crippen LogP contribution in [0.2, 0.25) is 0 Å². The van der Waals surface area contributed by atoms with E-state index in [2.05, 4.69) is 14.3 Å². The van der Waals surface area contributed by atoms with Crippen LogP contribution in [0.15, 0.2) is 23.8 Å². The highest BCUT2D eigenvalue weighted by molar-refractivity contribution is 7.03. The maximum Gasteiger partial charge on any atom is 0.249 e. The normalized spacial score (nSPS) is 10.1. The Morgan fingerprint density at radius 2 is 2.07 bits per heavy atom. The number of nitrogens with zero attached hydrogens (tertiary/aromatic N) is 3. The summed E-state index contributed by atoms with van der Waals surface area (Å²) in [5.41, 5.74) is 1.33. The van der Waals surface area contributed by atoms with E-state index >= 15 is 0 Å². The number of carbonyl (C=O) groups is 1. The molecule has 2 aromatic heterocycles. The van der Waals surface area contributed by atoms with E-state index in [0.29, 0.717) is 5.69 Å². The predicted octanol–water partition coefficient (Wildman–Crippen LogP) is 1.47. The van der Waals surface area contributed by atoms with Crippen LogP contribution in [0, 0.1) is 6.92 Å². The molecule has 0 spiro atoms. The fourth-order valence-electron chi connectivity index (χ4n) is 0.954. The molecule has 0 fully saturated rings. The monoisotopic (exact) mass is 205 g/mol. The number of hydrogen-bond donors (Lipinski definition) is 0. The lowest BCUT2D eigenvalue weighted by Gasteiger charge is -1.95. The first-order chi connectivity index (χ1) is 6.77. The Hall–Kier alpha value is -1.62. The average molecular weight is 205 g/mol. The van der Waals surface area contributed by atoms with Crippen molar-refractivity contribution < 1.29 is 4.79 Å². The van der Waals surface area contributed by atoms with Crippen LogP contribution in [0.3, 0.4) is 0 Å². The first-order valence-electron chi connectivity index (χ1n) is 4.01. The van der Waals surface area contributed by atoms with E-state index in [4.69, 9.17) is 0 Å². The topological polar surface area (TPSA) is 55.7 Å². The van der Waals surface area contributed by atoms with Gasteiger partial charge in [-0.05, 0) is 30.1 Å². The molecule has 2 aromatic rings. The molecule has 0 aromatic carbocycles. The molecule has 0 bridgehead atoms. The summed E-state index contributed by atoms with van der Waals surface area (Å²) >= 11 is 1.24. The zero-order valence-corrected chi connectivity index (χ0v) is 8.28. The van der Waals surface area contributed by atoms with Gasteiger partial charge in [0, 0.05) is 17.8 Å². The van der Waals surface area contributed by atoms with Crippen LogP contribution in [-0.4, -0.2) is 20.1 Å². The molecule has 0 unspecified atom stereocenters. The lowest BCUT2D eigenvalue weighted by Crippen LogP contribution is -2.06. The Bertz CT molecular complexity index is 436. The van der Waals surface area contributed by atoms with Crippen molar-refractivity contribution in [2.24, 2.45) is 0 Å². The number of aromatic nitrogens is 3. The van der Waals surface area contributed by atoms with E-state index in [1.54, 1.807) is 23.8 Å². The highest BCUT2D eigenvalue weighted by Gasteiger charge is 2.13. The predicted molar refractivity (Wildman–Crippen MR) is 52.3 cm³/mol. The Kier molecular flexibility index (Phi) is 2.32.